The monoisotopic (exact) mass is 291 g/mol. The molecule has 1 aromatic heterocycles. The zero-order chi connectivity index (χ0) is 12.3. The molecule has 6 heteroatoms. The molecule has 0 spiro atoms. The molecular formula is C11H10BrN5. The Morgan fingerprint density at radius 3 is 2.94 bits per heavy atom. The Morgan fingerprint density at radius 2 is 2.18 bits per heavy atom. The van der Waals surface area contributed by atoms with Gasteiger partial charge in [0, 0.05) is 21.6 Å². The standard InChI is InChI=1S/C11H10BrN5/c12-9-4-7-2-1-3-8(10(7)15-6-9)5-16-17-11(13)14/h1-6H,(H4,13,14,17). The highest BCUT2D eigenvalue weighted by molar-refractivity contribution is 9.10. The number of nitrogens with zero attached hydrogens (tertiary/aromatic N) is 3. The molecule has 0 atom stereocenters. The number of aromatic nitrogens is 1. The van der Waals surface area contributed by atoms with Crippen molar-refractivity contribution in [1.82, 2.24) is 4.98 Å². The Balaban J connectivity index is 2.48. The van der Waals surface area contributed by atoms with Crippen molar-refractivity contribution in [3.8, 4) is 0 Å². The molecule has 2 rings (SSSR count). The smallest absolute Gasteiger partial charge is 0.211 e. The number of nitrogens with two attached hydrogens (primary N) is 2. The zero-order valence-electron chi connectivity index (χ0n) is 8.84. The second kappa shape index (κ2) is 4.92. The van der Waals surface area contributed by atoms with Gasteiger partial charge in [-0.05, 0) is 22.0 Å². The Morgan fingerprint density at radius 1 is 1.35 bits per heavy atom. The first-order chi connectivity index (χ1) is 8.16. The Bertz CT molecular complexity index is 602. The quantitative estimate of drug-likeness (QED) is 0.500. The summed E-state index contributed by atoms with van der Waals surface area (Å²) in [5.41, 5.74) is 12.1. The van der Waals surface area contributed by atoms with Gasteiger partial charge in [-0.25, -0.2) is 0 Å². The van der Waals surface area contributed by atoms with E-state index in [0.29, 0.717) is 0 Å². The van der Waals surface area contributed by atoms with Gasteiger partial charge in [-0.2, -0.15) is 5.10 Å². The molecule has 0 fully saturated rings. The molecule has 86 valence electrons. The lowest BCUT2D eigenvalue weighted by Gasteiger charge is -2.00. The summed E-state index contributed by atoms with van der Waals surface area (Å²) in [6, 6.07) is 7.79. The van der Waals surface area contributed by atoms with E-state index < -0.39 is 0 Å². The maximum absolute atomic E-state index is 5.18. The van der Waals surface area contributed by atoms with Crippen LogP contribution in [0.15, 0.2) is 45.1 Å². The van der Waals surface area contributed by atoms with Gasteiger partial charge in [-0.1, -0.05) is 18.2 Å². The molecule has 17 heavy (non-hydrogen) atoms. The fraction of sp³-hybridized carbons (Fsp3) is 0. The minimum Gasteiger partial charge on any atom is -0.369 e. The van der Waals surface area contributed by atoms with Crippen LogP contribution in [0.2, 0.25) is 0 Å². The van der Waals surface area contributed by atoms with E-state index in [-0.39, 0.29) is 5.96 Å². The minimum atomic E-state index is -0.0720. The summed E-state index contributed by atoms with van der Waals surface area (Å²) in [6.45, 7) is 0. The number of hydrogen-bond donors (Lipinski definition) is 2. The minimum absolute atomic E-state index is 0.0720. The SMILES string of the molecule is NC(N)=NN=Cc1cccc2cc(Br)cnc12. The number of fused-ring (bicyclic) bond motifs is 1. The van der Waals surface area contributed by atoms with Gasteiger partial charge in [0.1, 0.15) is 0 Å². The fourth-order valence-electron chi connectivity index (χ4n) is 1.42. The molecule has 0 amide bonds. The van der Waals surface area contributed by atoms with Crippen molar-refractivity contribution in [2.24, 2.45) is 21.7 Å². The number of guanidine groups is 1. The second-order valence-electron chi connectivity index (χ2n) is 3.34. The van der Waals surface area contributed by atoms with Gasteiger partial charge in [0.15, 0.2) is 0 Å². The summed E-state index contributed by atoms with van der Waals surface area (Å²) in [4.78, 5) is 4.33. The molecule has 4 N–H and O–H groups in total. The van der Waals surface area contributed by atoms with Crippen molar-refractivity contribution in [2.45, 2.75) is 0 Å². The van der Waals surface area contributed by atoms with Gasteiger partial charge in [0.05, 0.1) is 11.7 Å². The van der Waals surface area contributed by atoms with Crippen molar-refractivity contribution in [3.05, 3.63) is 40.5 Å². The number of benzene rings is 1. The molecule has 0 aliphatic rings. The highest BCUT2D eigenvalue weighted by Crippen LogP contribution is 2.19. The number of para-hydroxylation sites is 1. The largest absolute Gasteiger partial charge is 0.369 e. The first-order valence-corrected chi connectivity index (χ1v) is 5.62. The van der Waals surface area contributed by atoms with Crippen molar-refractivity contribution < 1.29 is 0 Å². The van der Waals surface area contributed by atoms with Crippen LogP contribution < -0.4 is 11.5 Å². The van der Waals surface area contributed by atoms with Gasteiger partial charge in [0.25, 0.3) is 0 Å². The summed E-state index contributed by atoms with van der Waals surface area (Å²) >= 11 is 3.38. The Labute approximate surface area is 106 Å². The van der Waals surface area contributed by atoms with Crippen LogP contribution in [0, 0.1) is 0 Å². The predicted molar refractivity (Wildman–Crippen MR) is 72.8 cm³/mol. The third-order valence-corrected chi connectivity index (χ3v) is 2.51. The van der Waals surface area contributed by atoms with Crippen LogP contribution in [-0.4, -0.2) is 17.2 Å². The predicted octanol–water partition coefficient (Wildman–Crippen LogP) is 1.60. The van der Waals surface area contributed by atoms with E-state index in [4.69, 9.17) is 11.5 Å². The molecule has 0 aliphatic heterocycles. The van der Waals surface area contributed by atoms with Gasteiger partial charge in [0.2, 0.25) is 5.96 Å². The molecule has 2 aromatic rings. The lowest BCUT2D eigenvalue weighted by atomic mass is 10.1. The van der Waals surface area contributed by atoms with Gasteiger partial charge in [-0.3, -0.25) is 4.98 Å². The first-order valence-electron chi connectivity index (χ1n) is 4.83. The van der Waals surface area contributed by atoms with E-state index in [0.717, 1.165) is 20.9 Å². The van der Waals surface area contributed by atoms with Crippen LogP contribution in [0.4, 0.5) is 0 Å². The van der Waals surface area contributed by atoms with Crippen LogP contribution in [0.5, 0.6) is 0 Å². The van der Waals surface area contributed by atoms with E-state index in [1.54, 1.807) is 12.4 Å². The Kier molecular flexibility index (Phi) is 3.34. The van der Waals surface area contributed by atoms with Crippen molar-refractivity contribution in [3.63, 3.8) is 0 Å². The molecule has 1 aromatic carbocycles. The molecule has 0 saturated heterocycles. The molecule has 1 heterocycles. The fourth-order valence-corrected chi connectivity index (χ4v) is 1.77. The molecule has 0 saturated carbocycles. The van der Waals surface area contributed by atoms with E-state index in [1.807, 2.05) is 24.3 Å². The first kappa shape index (κ1) is 11.5. The van der Waals surface area contributed by atoms with E-state index >= 15 is 0 Å². The summed E-state index contributed by atoms with van der Waals surface area (Å²) in [7, 11) is 0. The molecule has 0 unspecified atom stereocenters. The van der Waals surface area contributed by atoms with Crippen molar-refractivity contribution in [1.29, 1.82) is 0 Å². The molecule has 0 radical (unpaired) electrons. The van der Waals surface area contributed by atoms with E-state index in [2.05, 4.69) is 31.1 Å². The van der Waals surface area contributed by atoms with Gasteiger partial charge >= 0.3 is 0 Å². The third kappa shape index (κ3) is 2.79. The normalized spacial score (nSPS) is 10.9. The highest BCUT2D eigenvalue weighted by Gasteiger charge is 2.00. The third-order valence-electron chi connectivity index (χ3n) is 2.08. The summed E-state index contributed by atoms with van der Waals surface area (Å²) < 4.78 is 0.934. The lowest BCUT2D eigenvalue weighted by Crippen LogP contribution is -2.21. The van der Waals surface area contributed by atoms with Crippen LogP contribution in [0.1, 0.15) is 5.56 Å². The van der Waals surface area contributed by atoms with Crippen LogP contribution in [0.25, 0.3) is 10.9 Å². The average Bonchev–Trinajstić information content (AvgIpc) is 2.28. The maximum atomic E-state index is 5.18. The maximum Gasteiger partial charge on any atom is 0.211 e. The number of rotatable bonds is 2. The van der Waals surface area contributed by atoms with Crippen molar-refractivity contribution >= 4 is 39.0 Å². The topological polar surface area (TPSA) is 89.7 Å². The highest BCUT2D eigenvalue weighted by atomic mass is 79.9. The number of halogens is 1. The number of pyridine rings is 1. The van der Waals surface area contributed by atoms with E-state index in [9.17, 15) is 0 Å². The van der Waals surface area contributed by atoms with E-state index in [1.165, 1.54) is 0 Å². The number of hydrogen-bond acceptors (Lipinski definition) is 3. The lowest BCUT2D eigenvalue weighted by molar-refractivity contribution is 1.21. The molecule has 5 nitrogen and oxygen atoms in total. The van der Waals surface area contributed by atoms with Gasteiger partial charge in [-0.15, -0.1) is 5.10 Å². The van der Waals surface area contributed by atoms with Crippen LogP contribution in [0.3, 0.4) is 0 Å². The van der Waals surface area contributed by atoms with Crippen LogP contribution in [-0.2, 0) is 0 Å². The summed E-state index contributed by atoms with van der Waals surface area (Å²) in [5.74, 6) is -0.0720. The zero-order valence-corrected chi connectivity index (χ0v) is 10.4. The molecule has 0 aliphatic carbocycles. The Hall–Kier alpha value is -1.95. The van der Waals surface area contributed by atoms with Crippen molar-refractivity contribution in [2.75, 3.05) is 0 Å². The second-order valence-corrected chi connectivity index (χ2v) is 4.26. The molecule has 0 bridgehead atoms. The summed E-state index contributed by atoms with van der Waals surface area (Å²) in [6.07, 6.45) is 3.31. The average molecular weight is 292 g/mol. The summed E-state index contributed by atoms with van der Waals surface area (Å²) in [5, 5.41) is 8.35. The van der Waals surface area contributed by atoms with Gasteiger partial charge < -0.3 is 11.5 Å². The molecular weight excluding hydrogens is 282 g/mol. The van der Waals surface area contributed by atoms with Crippen LogP contribution >= 0.6 is 15.9 Å².